The molecule has 3 heteroatoms. The third kappa shape index (κ3) is 3.60. The summed E-state index contributed by atoms with van der Waals surface area (Å²) in [5.74, 6) is 0. The zero-order valence-corrected chi connectivity index (χ0v) is 13.7. The molecule has 0 spiro atoms. The van der Waals surface area contributed by atoms with E-state index in [4.69, 9.17) is 0 Å². The van der Waals surface area contributed by atoms with E-state index in [2.05, 4.69) is 71.8 Å². The number of piperidine rings is 1. The molecule has 0 radical (unpaired) electrons. The number of rotatable bonds is 3. The van der Waals surface area contributed by atoms with Crippen LogP contribution in [-0.2, 0) is 0 Å². The Morgan fingerprint density at radius 1 is 1.39 bits per heavy atom. The maximum atomic E-state index is 3.66. The van der Waals surface area contributed by atoms with Crippen molar-refractivity contribution in [3.63, 3.8) is 0 Å². The van der Waals surface area contributed by atoms with Crippen LogP contribution < -0.4 is 10.2 Å². The second-order valence-corrected chi connectivity index (χ2v) is 6.70. The highest BCUT2D eigenvalue weighted by Gasteiger charge is 2.20. The van der Waals surface area contributed by atoms with Crippen molar-refractivity contribution in [3.8, 4) is 0 Å². The normalized spacial score (nSPS) is 20.5. The van der Waals surface area contributed by atoms with Crippen LogP contribution in [0.25, 0.3) is 0 Å². The lowest BCUT2D eigenvalue weighted by Crippen LogP contribution is -2.47. The maximum Gasteiger partial charge on any atom is 0.0377 e. The highest BCUT2D eigenvalue weighted by atomic mass is 127. The molecule has 2 rings (SSSR count). The minimum atomic E-state index is 0.577. The first-order valence-electron chi connectivity index (χ1n) is 6.83. The van der Waals surface area contributed by atoms with Crippen LogP contribution in [0.2, 0.25) is 0 Å². The van der Waals surface area contributed by atoms with Crippen molar-refractivity contribution in [3.05, 3.63) is 27.3 Å². The first-order valence-corrected chi connectivity index (χ1v) is 7.91. The Balaban J connectivity index is 2.05. The number of nitrogens with zero attached hydrogens (tertiary/aromatic N) is 1. The van der Waals surface area contributed by atoms with Crippen LogP contribution in [0.4, 0.5) is 5.69 Å². The van der Waals surface area contributed by atoms with Crippen LogP contribution in [0.1, 0.15) is 32.3 Å². The van der Waals surface area contributed by atoms with E-state index in [0.717, 1.165) is 6.54 Å². The SMILES string of the molecule is Cc1ccc(N2CCCC(NC(C)C)C2)cc1I. The van der Waals surface area contributed by atoms with Crippen molar-refractivity contribution in [1.29, 1.82) is 0 Å². The Morgan fingerprint density at radius 2 is 2.17 bits per heavy atom. The summed E-state index contributed by atoms with van der Waals surface area (Å²) in [6, 6.07) is 8.02. The molecule has 0 saturated carbocycles. The minimum absolute atomic E-state index is 0.577. The van der Waals surface area contributed by atoms with Crippen LogP contribution in [0, 0.1) is 10.5 Å². The van der Waals surface area contributed by atoms with Crippen molar-refractivity contribution in [2.45, 2.75) is 45.7 Å². The molecule has 1 unspecified atom stereocenters. The highest BCUT2D eigenvalue weighted by Crippen LogP contribution is 2.24. The molecule has 1 N–H and O–H groups in total. The van der Waals surface area contributed by atoms with Gasteiger partial charge in [-0.15, -0.1) is 0 Å². The maximum absolute atomic E-state index is 3.66. The molecule has 0 aliphatic carbocycles. The van der Waals surface area contributed by atoms with E-state index in [1.807, 2.05) is 0 Å². The fourth-order valence-corrected chi connectivity index (χ4v) is 3.10. The molecule has 1 aromatic rings. The lowest BCUT2D eigenvalue weighted by molar-refractivity contribution is 0.395. The zero-order valence-electron chi connectivity index (χ0n) is 11.5. The van der Waals surface area contributed by atoms with Gasteiger partial charge in [-0.1, -0.05) is 19.9 Å². The van der Waals surface area contributed by atoms with Gasteiger partial charge in [0.1, 0.15) is 0 Å². The Bertz CT molecular complexity index is 403. The van der Waals surface area contributed by atoms with Gasteiger partial charge >= 0.3 is 0 Å². The molecular weight excluding hydrogens is 335 g/mol. The third-order valence-corrected chi connectivity index (χ3v) is 4.67. The number of hydrogen-bond acceptors (Lipinski definition) is 2. The van der Waals surface area contributed by atoms with Gasteiger partial charge in [-0.3, -0.25) is 0 Å². The molecular formula is C15H23IN2. The lowest BCUT2D eigenvalue weighted by atomic mass is 10.0. The fourth-order valence-electron chi connectivity index (χ4n) is 2.60. The van der Waals surface area contributed by atoms with E-state index < -0.39 is 0 Å². The number of halogens is 1. The molecule has 1 heterocycles. The van der Waals surface area contributed by atoms with Gasteiger partial charge in [-0.25, -0.2) is 0 Å². The lowest BCUT2D eigenvalue weighted by Gasteiger charge is -2.36. The number of aryl methyl sites for hydroxylation is 1. The van der Waals surface area contributed by atoms with E-state index >= 15 is 0 Å². The summed E-state index contributed by atoms with van der Waals surface area (Å²) in [4.78, 5) is 2.52. The molecule has 1 atom stereocenters. The highest BCUT2D eigenvalue weighted by molar-refractivity contribution is 14.1. The molecule has 1 aliphatic heterocycles. The minimum Gasteiger partial charge on any atom is -0.370 e. The summed E-state index contributed by atoms with van der Waals surface area (Å²) in [5.41, 5.74) is 2.74. The molecule has 1 aliphatic rings. The van der Waals surface area contributed by atoms with Gasteiger partial charge in [0, 0.05) is 34.4 Å². The number of hydrogen-bond donors (Lipinski definition) is 1. The second-order valence-electron chi connectivity index (χ2n) is 5.54. The summed E-state index contributed by atoms with van der Waals surface area (Å²) in [6.07, 6.45) is 2.59. The number of nitrogens with one attached hydrogen (secondary N) is 1. The Labute approximate surface area is 124 Å². The fraction of sp³-hybridized carbons (Fsp3) is 0.600. The van der Waals surface area contributed by atoms with E-state index in [-0.39, 0.29) is 0 Å². The molecule has 0 bridgehead atoms. The number of anilines is 1. The van der Waals surface area contributed by atoms with Gasteiger partial charge < -0.3 is 10.2 Å². The van der Waals surface area contributed by atoms with Crippen molar-refractivity contribution in [2.24, 2.45) is 0 Å². The molecule has 1 fully saturated rings. The molecule has 1 aromatic carbocycles. The van der Waals surface area contributed by atoms with Crippen molar-refractivity contribution in [2.75, 3.05) is 18.0 Å². The average molecular weight is 358 g/mol. The summed E-state index contributed by atoms with van der Waals surface area (Å²) in [6.45, 7) is 8.96. The summed E-state index contributed by atoms with van der Waals surface area (Å²) < 4.78 is 1.36. The average Bonchev–Trinajstić information content (AvgIpc) is 2.32. The van der Waals surface area contributed by atoms with Crippen LogP contribution in [0.3, 0.4) is 0 Å². The monoisotopic (exact) mass is 358 g/mol. The molecule has 18 heavy (non-hydrogen) atoms. The Hall–Kier alpha value is -0.290. The largest absolute Gasteiger partial charge is 0.370 e. The van der Waals surface area contributed by atoms with E-state index in [9.17, 15) is 0 Å². The summed E-state index contributed by atoms with van der Waals surface area (Å²) in [5, 5.41) is 3.66. The number of benzene rings is 1. The van der Waals surface area contributed by atoms with Gasteiger partial charge in [-0.2, -0.15) is 0 Å². The van der Waals surface area contributed by atoms with Gasteiger partial charge in [0.15, 0.2) is 0 Å². The van der Waals surface area contributed by atoms with Gasteiger partial charge in [-0.05, 0) is 60.1 Å². The van der Waals surface area contributed by atoms with E-state index in [0.29, 0.717) is 12.1 Å². The predicted octanol–water partition coefficient (Wildman–Crippen LogP) is 3.57. The molecule has 2 nitrogen and oxygen atoms in total. The smallest absolute Gasteiger partial charge is 0.0377 e. The summed E-state index contributed by atoms with van der Waals surface area (Å²) in [7, 11) is 0. The van der Waals surface area contributed by atoms with Crippen molar-refractivity contribution >= 4 is 28.3 Å². The van der Waals surface area contributed by atoms with Crippen LogP contribution in [0.15, 0.2) is 18.2 Å². The van der Waals surface area contributed by atoms with E-state index in [1.54, 1.807) is 0 Å². The van der Waals surface area contributed by atoms with Crippen LogP contribution in [-0.4, -0.2) is 25.2 Å². The first-order chi connectivity index (χ1) is 8.56. The van der Waals surface area contributed by atoms with Crippen molar-refractivity contribution in [1.82, 2.24) is 5.32 Å². The van der Waals surface area contributed by atoms with E-state index in [1.165, 1.54) is 34.2 Å². The predicted molar refractivity (Wildman–Crippen MR) is 87.4 cm³/mol. The molecule has 1 saturated heterocycles. The Kier molecular flexibility index (Phi) is 4.90. The van der Waals surface area contributed by atoms with Crippen LogP contribution in [0.5, 0.6) is 0 Å². The quantitative estimate of drug-likeness (QED) is 0.832. The molecule has 0 amide bonds. The second kappa shape index (κ2) is 6.24. The van der Waals surface area contributed by atoms with Gasteiger partial charge in [0.2, 0.25) is 0 Å². The topological polar surface area (TPSA) is 15.3 Å². The molecule has 0 aromatic heterocycles. The van der Waals surface area contributed by atoms with Gasteiger partial charge in [0.05, 0.1) is 0 Å². The van der Waals surface area contributed by atoms with Crippen LogP contribution >= 0.6 is 22.6 Å². The Morgan fingerprint density at radius 3 is 2.83 bits per heavy atom. The summed E-state index contributed by atoms with van der Waals surface area (Å²) >= 11 is 2.43. The third-order valence-electron chi connectivity index (χ3n) is 3.51. The zero-order chi connectivity index (χ0) is 13.1. The van der Waals surface area contributed by atoms with Crippen molar-refractivity contribution < 1.29 is 0 Å². The standard InChI is InChI=1S/C15H23IN2/c1-11(2)17-13-5-4-8-18(10-13)14-7-6-12(3)15(16)9-14/h6-7,9,11,13,17H,4-5,8,10H2,1-3H3. The van der Waals surface area contributed by atoms with Gasteiger partial charge in [0.25, 0.3) is 0 Å². The molecule has 100 valence electrons. The first kappa shape index (κ1) is 14.1.